The summed E-state index contributed by atoms with van der Waals surface area (Å²) >= 11 is 0. The van der Waals surface area contributed by atoms with Gasteiger partial charge in [-0.05, 0) is 49.2 Å². The Bertz CT molecular complexity index is 865. The summed E-state index contributed by atoms with van der Waals surface area (Å²) in [4.78, 5) is 14.0. The molecule has 2 atom stereocenters. The third kappa shape index (κ3) is 4.14. The fraction of sp³-hybridized carbons (Fsp3) is 0.435. The first kappa shape index (κ1) is 18.8. The highest BCUT2D eigenvalue weighted by molar-refractivity contribution is 5.92. The Kier molecular flexibility index (Phi) is 5.53. The van der Waals surface area contributed by atoms with Crippen molar-refractivity contribution in [1.29, 1.82) is 0 Å². The van der Waals surface area contributed by atoms with E-state index in [0.717, 1.165) is 54.1 Å². The molecule has 0 radical (unpaired) electrons. The molecule has 0 saturated carbocycles. The number of ether oxygens (including phenoxy) is 2. The standard InChI is InChI=1S/C23H28N2O3/c1-16-6-7-17(2)19(13-16)24-23(26)15-25-10-3-5-20(25)18-8-9-21-22(14-18)28-12-4-11-27-21/h6-9,13-14,20H,3-5,10-12,15H2,1-2H3,(H,24,26)/p+1/t20-/m0/s1. The minimum absolute atomic E-state index is 0.0740. The number of benzene rings is 2. The van der Waals surface area contributed by atoms with Crippen LogP contribution < -0.4 is 19.7 Å². The van der Waals surface area contributed by atoms with Gasteiger partial charge in [0.2, 0.25) is 0 Å². The summed E-state index contributed by atoms with van der Waals surface area (Å²) in [6.45, 7) is 6.95. The van der Waals surface area contributed by atoms with Crippen molar-refractivity contribution in [1.82, 2.24) is 0 Å². The molecule has 1 saturated heterocycles. The summed E-state index contributed by atoms with van der Waals surface area (Å²) in [7, 11) is 0. The number of amides is 1. The molecule has 2 N–H and O–H groups in total. The maximum absolute atomic E-state index is 12.7. The van der Waals surface area contributed by atoms with Gasteiger partial charge < -0.3 is 19.7 Å². The number of aryl methyl sites for hydroxylation is 2. The van der Waals surface area contributed by atoms with Crippen molar-refractivity contribution < 1.29 is 19.2 Å². The van der Waals surface area contributed by atoms with E-state index in [1.54, 1.807) is 0 Å². The first-order valence-corrected chi connectivity index (χ1v) is 10.2. The Morgan fingerprint density at radius 1 is 1.07 bits per heavy atom. The Morgan fingerprint density at radius 2 is 1.89 bits per heavy atom. The van der Waals surface area contributed by atoms with Crippen molar-refractivity contribution >= 4 is 11.6 Å². The third-order valence-electron chi connectivity index (χ3n) is 5.71. The quantitative estimate of drug-likeness (QED) is 0.856. The summed E-state index contributed by atoms with van der Waals surface area (Å²) in [6, 6.07) is 12.7. The number of quaternary nitrogens is 1. The van der Waals surface area contributed by atoms with Crippen LogP contribution in [0.2, 0.25) is 0 Å². The van der Waals surface area contributed by atoms with Gasteiger partial charge in [-0.2, -0.15) is 0 Å². The van der Waals surface area contributed by atoms with Gasteiger partial charge in [-0.25, -0.2) is 0 Å². The van der Waals surface area contributed by atoms with Gasteiger partial charge in [0.1, 0.15) is 6.04 Å². The van der Waals surface area contributed by atoms with Crippen molar-refractivity contribution in [2.75, 3.05) is 31.6 Å². The number of hydrogen-bond acceptors (Lipinski definition) is 3. The zero-order valence-electron chi connectivity index (χ0n) is 16.7. The van der Waals surface area contributed by atoms with Crippen LogP contribution in [0.1, 0.15) is 42.0 Å². The zero-order valence-corrected chi connectivity index (χ0v) is 16.7. The maximum Gasteiger partial charge on any atom is 0.279 e. The Hall–Kier alpha value is -2.53. The monoisotopic (exact) mass is 381 g/mol. The minimum Gasteiger partial charge on any atom is -0.490 e. The average Bonchev–Trinajstić information content (AvgIpc) is 3.00. The number of carbonyl (C=O) groups is 1. The third-order valence-corrected chi connectivity index (χ3v) is 5.71. The van der Waals surface area contributed by atoms with E-state index in [4.69, 9.17) is 9.47 Å². The van der Waals surface area contributed by atoms with Crippen LogP contribution >= 0.6 is 0 Å². The van der Waals surface area contributed by atoms with Crippen LogP contribution in [0.15, 0.2) is 36.4 Å². The van der Waals surface area contributed by atoms with Crippen molar-refractivity contribution in [3.8, 4) is 11.5 Å². The summed E-state index contributed by atoms with van der Waals surface area (Å²) < 4.78 is 11.6. The Labute approximate surface area is 166 Å². The maximum atomic E-state index is 12.7. The van der Waals surface area contributed by atoms with Gasteiger partial charge in [-0.15, -0.1) is 0 Å². The van der Waals surface area contributed by atoms with Crippen LogP contribution in [-0.2, 0) is 4.79 Å². The Morgan fingerprint density at radius 3 is 2.75 bits per heavy atom. The fourth-order valence-corrected chi connectivity index (χ4v) is 4.19. The lowest BCUT2D eigenvalue weighted by Gasteiger charge is -2.22. The van der Waals surface area contributed by atoms with Crippen LogP contribution in [0.3, 0.4) is 0 Å². The number of fused-ring (bicyclic) bond motifs is 1. The lowest BCUT2D eigenvalue weighted by atomic mass is 10.0. The van der Waals surface area contributed by atoms with E-state index in [-0.39, 0.29) is 5.91 Å². The van der Waals surface area contributed by atoms with Crippen LogP contribution in [0.4, 0.5) is 5.69 Å². The summed E-state index contributed by atoms with van der Waals surface area (Å²) in [6.07, 6.45) is 3.13. The molecule has 2 aromatic carbocycles. The molecule has 1 unspecified atom stereocenters. The highest BCUT2D eigenvalue weighted by Crippen LogP contribution is 2.33. The van der Waals surface area contributed by atoms with E-state index < -0.39 is 0 Å². The molecule has 0 aromatic heterocycles. The second-order valence-corrected chi connectivity index (χ2v) is 7.90. The van der Waals surface area contributed by atoms with Crippen molar-refractivity contribution in [3.63, 3.8) is 0 Å². The molecule has 1 fully saturated rings. The molecule has 5 heteroatoms. The molecule has 2 aliphatic rings. The van der Waals surface area contributed by atoms with Gasteiger partial charge in [-0.3, -0.25) is 4.79 Å². The van der Waals surface area contributed by atoms with Crippen molar-refractivity contribution in [3.05, 3.63) is 53.1 Å². The molecule has 4 rings (SSSR count). The predicted octanol–water partition coefficient (Wildman–Crippen LogP) is 2.82. The highest BCUT2D eigenvalue weighted by Gasteiger charge is 2.32. The van der Waals surface area contributed by atoms with Gasteiger partial charge in [-0.1, -0.05) is 12.1 Å². The molecule has 1 amide bonds. The topological polar surface area (TPSA) is 52.0 Å². The summed E-state index contributed by atoms with van der Waals surface area (Å²) in [5, 5.41) is 3.10. The Balaban J connectivity index is 1.45. The SMILES string of the molecule is Cc1ccc(C)c(NC(=O)C[NH+]2CCC[C@H]2c2ccc3c(c2)OCCCO3)c1. The lowest BCUT2D eigenvalue weighted by Crippen LogP contribution is -3.11. The summed E-state index contributed by atoms with van der Waals surface area (Å²) in [5.74, 6) is 1.74. The van der Waals surface area contributed by atoms with E-state index in [9.17, 15) is 4.79 Å². The van der Waals surface area contributed by atoms with Crippen LogP contribution in [0.25, 0.3) is 0 Å². The minimum atomic E-state index is 0.0740. The van der Waals surface area contributed by atoms with Crippen LogP contribution in [0, 0.1) is 13.8 Å². The molecular weight excluding hydrogens is 352 g/mol. The van der Waals surface area contributed by atoms with Gasteiger partial charge >= 0.3 is 0 Å². The first-order chi connectivity index (χ1) is 13.6. The van der Waals surface area contributed by atoms with Crippen LogP contribution in [0.5, 0.6) is 11.5 Å². The largest absolute Gasteiger partial charge is 0.490 e. The van der Waals surface area contributed by atoms with Gasteiger partial charge in [0.05, 0.1) is 19.8 Å². The number of carbonyl (C=O) groups excluding carboxylic acids is 1. The molecule has 0 aliphatic carbocycles. The first-order valence-electron chi connectivity index (χ1n) is 10.2. The number of likely N-dealkylation sites (tertiary alicyclic amines) is 1. The molecule has 2 heterocycles. The molecule has 2 aliphatic heterocycles. The van der Waals surface area contributed by atoms with Gasteiger partial charge in [0.25, 0.3) is 5.91 Å². The van der Waals surface area contributed by atoms with Gasteiger partial charge in [0.15, 0.2) is 18.0 Å². The van der Waals surface area contributed by atoms with E-state index in [1.807, 2.05) is 32.0 Å². The lowest BCUT2D eigenvalue weighted by molar-refractivity contribution is -0.910. The highest BCUT2D eigenvalue weighted by atomic mass is 16.5. The molecule has 0 spiro atoms. The average molecular weight is 381 g/mol. The van der Waals surface area contributed by atoms with Crippen molar-refractivity contribution in [2.24, 2.45) is 0 Å². The number of nitrogens with one attached hydrogen (secondary N) is 2. The molecule has 28 heavy (non-hydrogen) atoms. The number of rotatable bonds is 4. The molecule has 0 bridgehead atoms. The fourth-order valence-electron chi connectivity index (χ4n) is 4.19. The van der Waals surface area contributed by atoms with Gasteiger partial charge in [0, 0.05) is 30.5 Å². The number of hydrogen-bond donors (Lipinski definition) is 2. The molecular formula is C23H29N2O3+. The van der Waals surface area contributed by atoms with E-state index in [0.29, 0.717) is 25.8 Å². The molecule has 148 valence electrons. The van der Waals surface area contributed by atoms with Crippen molar-refractivity contribution in [2.45, 2.75) is 39.2 Å². The van der Waals surface area contributed by atoms with E-state index in [1.165, 1.54) is 10.5 Å². The number of anilines is 1. The second kappa shape index (κ2) is 8.23. The predicted molar refractivity (Wildman–Crippen MR) is 109 cm³/mol. The normalized spacial score (nSPS) is 21.2. The second-order valence-electron chi connectivity index (χ2n) is 7.90. The smallest absolute Gasteiger partial charge is 0.279 e. The van der Waals surface area contributed by atoms with Crippen LogP contribution in [-0.4, -0.2) is 32.2 Å². The molecule has 2 aromatic rings. The van der Waals surface area contributed by atoms with E-state index in [2.05, 4.69) is 23.5 Å². The van der Waals surface area contributed by atoms with E-state index >= 15 is 0 Å². The zero-order chi connectivity index (χ0) is 19.5. The molecule has 5 nitrogen and oxygen atoms in total. The summed E-state index contributed by atoms with van der Waals surface area (Å²) in [5.41, 5.74) is 4.39.